The van der Waals surface area contributed by atoms with Crippen LogP contribution in [-0.4, -0.2) is 94.4 Å². The third-order valence-electron chi connectivity index (χ3n) is 4.40. The van der Waals surface area contributed by atoms with Crippen LogP contribution in [0.5, 0.6) is 0 Å². The average molecular weight is 510 g/mol. The van der Waals surface area contributed by atoms with Crippen molar-refractivity contribution in [2.45, 2.75) is 56.5 Å². The van der Waals surface area contributed by atoms with Gasteiger partial charge in [-0.25, -0.2) is 4.79 Å². The van der Waals surface area contributed by atoms with Crippen molar-refractivity contribution in [3.05, 3.63) is 0 Å². The Morgan fingerprint density at radius 2 is 1.64 bits per heavy atom. The van der Waals surface area contributed by atoms with E-state index in [1.165, 1.54) is 18.7 Å². The molecule has 0 radical (unpaired) electrons. The summed E-state index contributed by atoms with van der Waals surface area (Å²) in [6.07, 6.45) is 1.04. The average Bonchev–Trinajstić information content (AvgIpc) is 2.74. The van der Waals surface area contributed by atoms with Crippen molar-refractivity contribution < 1.29 is 29.4 Å². The fraction of sp³-hybridized carbons (Fsp3) is 0.722. The van der Waals surface area contributed by atoms with Crippen molar-refractivity contribution in [1.82, 2.24) is 16.0 Å². The van der Waals surface area contributed by atoms with E-state index in [1.807, 2.05) is 0 Å². The van der Waals surface area contributed by atoms with Gasteiger partial charge in [-0.3, -0.25) is 19.4 Å². The van der Waals surface area contributed by atoms with Crippen LogP contribution in [-0.2, 0) is 19.2 Å². The molecule has 0 aromatic rings. The highest BCUT2D eigenvalue weighted by molar-refractivity contribution is 7.98. The van der Waals surface area contributed by atoms with Crippen LogP contribution < -0.4 is 33.2 Å². The number of aliphatic carboxylic acids is 1. The first-order valence-corrected chi connectivity index (χ1v) is 12.2. The number of rotatable bonds is 16. The fourth-order valence-corrected chi connectivity index (χ4v) is 3.18. The number of hydrogen-bond donors (Lipinski definition) is 9. The second kappa shape index (κ2) is 16.4. The van der Waals surface area contributed by atoms with Crippen LogP contribution in [0.25, 0.3) is 0 Å². The molecule has 33 heavy (non-hydrogen) atoms. The number of carbonyl (C=O) groups excluding carboxylic acids is 3. The molecule has 13 nitrogen and oxygen atoms in total. The van der Waals surface area contributed by atoms with Crippen molar-refractivity contribution in [2.75, 3.05) is 24.3 Å². The third-order valence-corrected chi connectivity index (χ3v) is 5.44. The molecule has 0 aromatic carbocycles. The van der Waals surface area contributed by atoms with Crippen molar-refractivity contribution in [3.8, 4) is 0 Å². The van der Waals surface area contributed by atoms with Gasteiger partial charge in [0.1, 0.15) is 18.1 Å². The molecule has 0 aliphatic heterocycles. The van der Waals surface area contributed by atoms with Gasteiger partial charge in [-0.1, -0.05) is 0 Å². The molecule has 3 amide bonds. The number of nitrogens with two attached hydrogens (primary N) is 3. The molecule has 0 spiro atoms. The summed E-state index contributed by atoms with van der Waals surface area (Å²) in [4.78, 5) is 52.9. The van der Waals surface area contributed by atoms with Gasteiger partial charge in [-0.15, -0.1) is 0 Å². The van der Waals surface area contributed by atoms with Gasteiger partial charge >= 0.3 is 5.97 Å². The van der Waals surface area contributed by atoms with Gasteiger partial charge in [-0.2, -0.15) is 24.4 Å². The van der Waals surface area contributed by atoms with Crippen LogP contribution in [0.15, 0.2) is 4.99 Å². The molecule has 5 unspecified atom stereocenters. The van der Waals surface area contributed by atoms with Crippen LogP contribution in [0.4, 0.5) is 0 Å². The highest BCUT2D eigenvalue weighted by Crippen LogP contribution is 2.06. The number of thiol groups is 1. The highest BCUT2D eigenvalue weighted by Gasteiger charge is 2.32. The Hall–Kier alpha value is -2.23. The topological polar surface area (TPSA) is 235 Å². The minimum Gasteiger partial charge on any atom is -0.480 e. The van der Waals surface area contributed by atoms with Crippen molar-refractivity contribution in [2.24, 2.45) is 22.2 Å². The number of aliphatic imine (C=N–C) groups is 1. The molecule has 0 fully saturated rings. The zero-order valence-corrected chi connectivity index (χ0v) is 20.4. The van der Waals surface area contributed by atoms with E-state index in [4.69, 9.17) is 17.2 Å². The zero-order valence-electron chi connectivity index (χ0n) is 18.7. The maximum atomic E-state index is 12.8. The summed E-state index contributed by atoms with van der Waals surface area (Å²) in [5.74, 6) is -3.11. The smallest absolute Gasteiger partial charge is 0.326 e. The summed E-state index contributed by atoms with van der Waals surface area (Å²) in [6, 6.07) is -4.72. The molecule has 0 heterocycles. The molecule has 0 aromatic heterocycles. The molecule has 0 saturated heterocycles. The van der Waals surface area contributed by atoms with E-state index in [-0.39, 0.29) is 37.5 Å². The number of nitrogens with one attached hydrogen (secondary N) is 3. The number of nitrogens with zero attached hydrogens (tertiary/aromatic N) is 1. The summed E-state index contributed by atoms with van der Waals surface area (Å²) in [6.45, 7) is 1.46. The van der Waals surface area contributed by atoms with E-state index in [9.17, 15) is 29.4 Å². The van der Waals surface area contributed by atoms with Crippen molar-refractivity contribution in [1.29, 1.82) is 0 Å². The van der Waals surface area contributed by atoms with E-state index in [2.05, 4.69) is 33.6 Å². The van der Waals surface area contributed by atoms with Crippen LogP contribution in [0.1, 0.15) is 26.2 Å². The van der Waals surface area contributed by atoms with Gasteiger partial charge in [0.25, 0.3) is 0 Å². The minimum atomic E-state index is -1.40. The number of hydrogen-bond acceptors (Lipinski definition) is 9. The molecule has 11 N–H and O–H groups in total. The van der Waals surface area contributed by atoms with Gasteiger partial charge in [-0.05, 0) is 38.2 Å². The normalized spacial score (nSPS) is 15.3. The number of carboxylic acids is 1. The lowest BCUT2D eigenvalue weighted by Crippen LogP contribution is -2.60. The number of thioether (sulfide) groups is 1. The van der Waals surface area contributed by atoms with E-state index in [1.54, 1.807) is 6.26 Å². The monoisotopic (exact) mass is 509 g/mol. The van der Waals surface area contributed by atoms with Gasteiger partial charge in [0, 0.05) is 12.3 Å². The predicted molar refractivity (Wildman–Crippen MR) is 130 cm³/mol. The second-order valence-electron chi connectivity index (χ2n) is 7.21. The van der Waals surface area contributed by atoms with E-state index in [0.717, 1.165) is 0 Å². The molecule has 0 aliphatic carbocycles. The molecule has 0 aliphatic rings. The van der Waals surface area contributed by atoms with Gasteiger partial charge in [0.2, 0.25) is 17.7 Å². The first-order valence-electron chi connectivity index (χ1n) is 10.2. The lowest BCUT2D eigenvalue weighted by atomic mass is 10.1. The number of guanidine groups is 1. The van der Waals surface area contributed by atoms with Crippen molar-refractivity contribution in [3.63, 3.8) is 0 Å². The summed E-state index contributed by atoms with van der Waals surface area (Å²) in [7, 11) is 0. The quantitative estimate of drug-likeness (QED) is 0.0441. The van der Waals surface area contributed by atoms with E-state index >= 15 is 0 Å². The Morgan fingerprint density at radius 1 is 1.03 bits per heavy atom. The van der Waals surface area contributed by atoms with Crippen molar-refractivity contribution >= 4 is 54.0 Å². The molecular weight excluding hydrogens is 474 g/mol. The maximum absolute atomic E-state index is 12.8. The summed E-state index contributed by atoms with van der Waals surface area (Å²) < 4.78 is 0. The maximum Gasteiger partial charge on any atom is 0.326 e. The Morgan fingerprint density at radius 3 is 2.12 bits per heavy atom. The fourth-order valence-electron chi connectivity index (χ4n) is 2.55. The number of amides is 3. The number of aliphatic hydroxyl groups excluding tert-OH is 1. The van der Waals surface area contributed by atoms with Gasteiger partial charge in [0.05, 0.1) is 12.1 Å². The van der Waals surface area contributed by atoms with E-state index in [0.29, 0.717) is 5.75 Å². The van der Waals surface area contributed by atoms with Gasteiger partial charge in [0.15, 0.2) is 5.96 Å². The summed E-state index contributed by atoms with van der Waals surface area (Å²) >= 11 is 5.34. The first-order chi connectivity index (χ1) is 15.4. The van der Waals surface area contributed by atoms with Crippen LogP contribution in [0.2, 0.25) is 0 Å². The zero-order chi connectivity index (χ0) is 25.6. The van der Waals surface area contributed by atoms with Gasteiger partial charge < -0.3 is 43.4 Å². The SMILES string of the molecule is CSCCC(NC(=O)C(CCCN=C(N)N)NC(=O)C(NC(=O)C(N)CS)C(C)O)C(=O)O. The third kappa shape index (κ3) is 12.6. The molecule has 5 atom stereocenters. The highest BCUT2D eigenvalue weighted by atomic mass is 32.2. The van der Waals surface area contributed by atoms with E-state index < -0.39 is 54.0 Å². The number of carboxylic acid groups (broad SMARTS) is 1. The number of aliphatic hydroxyl groups is 1. The van der Waals surface area contributed by atoms with Crippen LogP contribution >= 0.6 is 24.4 Å². The summed E-state index contributed by atoms with van der Waals surface area (Å²) in [5.41, 5.74) is 16.1. The molecule has 0 rings (SSSR count). The van der Waals surface area contributed by atoms with Crippen LogP contribution in [0, 0.1) is 0 Å². The standard InChI is InChI=1S/C18H35N7O6S2/c1-9(26)13(25-14(27)10(19)8-32)16(29)23-11(4-3-6-22-18(20)21)15(28)24-12(17(30)31)5-7-33-2/h9-13,26,32H,3-8,19H2,1-2H3,(H,23,29)(H,24,28)(H,25,27)(H,30,31)(H4,20,21,22). The Labute approximate surface area is 202 Å². The lowest BCUT2D eigenvalue weighted by Gasteiger charge is -2.26. The molecule has 0 bridgehead atoms. The van der Waals surface area contributed by atoms with Crippen LogP contribution in [0.3, 0.4) is 0 Å². The number of carbonyl (C=O) groups is 4. The minimum absolute atomic E-state index is 0.0163. The Balaban J connectivity index is 5.48. The molecule has 190 valence electrons. The second-order valence-corrected chi connectivity index (χ2v) is 8.56. The Bertz CT molecular complexity index is 691. The first kappa shape index (κ1) is 30.8. The molecule has 0 saturated carbocycles. The lowest BCUT2D eigenvalue weighted by molar-refractivity contribution is -0.142. The molecular formula is C18H35N7O6S2. The molecule has 15 heteroatoms. The summed E-state index contributed by atoms with van der Waals surface area (Å²) in [5, 5.41) is 26.5. The largest absolute Gasteiger partial charge is 0.480 e. The Kier molecular flexibility index (Phi) is 15.3. The predicted octanol–water partition coefficient (Wildman–Crippen LogP) is -3.03.